The lowest BCUT2D eigenvalue weighted by molar-refractivity contribution is 0.274. The molecule has 0 unspecified atom stereocenters. The highest BCUT2D eigenvalue weighted by atomic mass is 32.2. The Morgan fingerprint density at radius 3 is 2.73 bits per heavy atom. The third-order valence-electron chi connectivity index (χ3n) is 3.29. The molecule has 0 aromatic carbocycles. The molecule has 0 N–H and O–H groups in total. The molecule has 0 aromatic heterocycles. The van der Waals surface area contributed by atoms with Gasteiger partial charge in [-0.3, -0.25) is 0 Å². The molecule has 0 bridgehead atoms. The van der Waals surface area contributed by atoms with Crippen molar-refractivity contribution < 1.29 is 0 Å². The van der Waals surface area contributed by atoms with E-state index in [-0.39, 0.29) is 0 Å². The summed E-state index contributed by atoms with van der Waals surface area (Å²) in [6.07, 6.45) is 7.54. The van der Waals surface area contributed by atoms with Crippen LogP contribution >= 0.6 is 11.8 Å². The van der Waals surface area contributed by atoms with Crippen LogP contribution in [0.1, 0.15) is 39.0 Å². The first-order valence-electron chi connectivity index (χ1n) is 4.99. The minimum Gasteiger partial charge on any atom is -0.158 e. The largest absolute Gasteiger partial charge is 0.158 e. The van der Waals surface area contributed by atoms with E-state index >= 15 is 0 Å². The lowest BCUT2D eigenvalue weighted by Crippen LogP contribution is -2.32. The van der Waals surface area contributed by atoms with Crippen molar-refractivity contribution in [1.82, 2.24) is 0 Å². The van der Waals surface area contributed by atoms with Gasteiger partial charge in [0.15, 0.2) is 0 Å². The quantitative estimate of drug-likeness (QED) is 0.537. The number of fused-ring (bicyclic) bond motifs is 1. The predicted octanol–water partition coefficient (Wildman–Crippen LogP) is 3.32. The molecular weight excluding hydrogens is 152 g/mol. The molecule has 0 radical (unpaired) electrons. The molecule has 1 heterocycles. The molecule has 1 aliphatic heterocycles. The predicted molar refractivity (Wildman–Crippen MR) is 52.0 cm³/mol. The second kappa shape index (κ2) is 3.38. The average Bonchev–Trinajstić information content (AvgIpc) is 2.06. The van der Waals surface area contributed by atoms with Crippen LogP contribution in [0.4, 0.5) is 0 Å². The molecule has 0 aromatic rings. The third-order valence-corrected chi connectivity index (χ3v) is 5.05. The van der Waals surface area contributed by atoms with Crippen LogP contribution in [0.3, 0.4) is 0 Å². The summed E-state index contributed by atoms with van der Waals surface area (Å²) in [6.45, 7) is 2.45. The van der Waals surface area contributed by atoms with E-state index in [4.69, 9.17) is 0 Å². The van der Waals surface area contributed by atoms with Gasteiger partial charge in [0.2, 0.25) is 0 Å². The molecule has 1 saturated carbocycles. The first-order valence-corrected chi connectivity index (χ1v) is 6.04. The van der Waals surface area contributed by atoms with Gasteiger partial charge in [-0.15, -0.1) is 0 Å². The minimum absolute atomic E-state index is 1.01. The molecule has 3 atom stereocenters. The van der Waals surface area contributed by atoms with Gasteiger partial charge in [0.05, 0.1) is 0 Å². The molecule has 1 heteroatoms. The van der Waals surface area contributed by atoms with Gasteiger partial charge in [-0.1, -0.05) is 13.3 Å². The Hall–Kier alpha value is 0.350. The van der Waals surface area contributed by atoms with E-state index in [0.29, 0.717) is 0 Å². The number of hydrogen-bond donors (Lipinski definition) is 0. The fourth-order valence-electron chi connectivity index (χ4n) is 2.67. The Balaban J connectivity index is 1.99. The van der Waals surface area contributed by atoms with Gasteiger partial charge in [0, 0.05) is 5.25 Å². The van der Waals surface area contributed by atoms with Crippen molar-refractivity contribution in [2.24, 2.45) is 11.8 Å². The zero-order valence-electron chi connectivity index (χ0n) is 7.38. The minimum atomic E-state index is 1.01. The van der Waals surface area contributed by atoms with Gasteiger partial charge in [0.25, 0.3) is 0 Å². The first-order chi connectivity index (χ1) is 5.38. The van der Waals surface area contributed by atoms with Crippen LogP contribution in [0.2, 0.25) is 0 Å². The number of thioether (sulfide) groups is 1. The summed E-state index contributed by atoms with van der Waals surface area (Å²) < 4.78 is 0. The topological polar surface area (TPSA) is 0 Å². The maximum absolute atomic E-state index is 2.45. The summed E-state index contributed by atoms with van der Waals surface area (Å²) in [5.74, 6) is 3.54. The number of rotatable bonds is 0. The maximum atomic E-state index is 2.45. The Labute approximate surface area is 74.1 Å². The van der Waals surface area contributed by atoms with E-state index in [1.54, 1.807) is 0 Å². The molecule has 0 nitrogen and oxygen atoms in total. The van der Waals surface area contributed by atoms with Crippen molar-refractivity contribution in [2.75, 3.05) is 5.75 Å². The van der Waals surface area contributed by atoms with Gasteiger partial charge in [-0.05, 0) is 43.3 Å². The van der Waals surface area contributed by atoms with Crippen LogP contribution in [0.15, 0.2) is 0 Å². The monoisotopic (exact) mass is 170 g/mol. The first kappa shape index (κ1) is 7.97. The van der Waals surface area contributed by atoms with E-state index in [1.165, 1.54) is 37.9 Å². The fraction of sp³-hybridized carbons (Fsp3) is 1.00. The van der Waals surface area contributed by atoms with E-state index < -0.39 is 0 Å². The Kier molecular flexibility index (Phi) is 2.45. The fourth-order valence-corrected chi connectivity index (χ4v) is 4.28. The molecule has 2 aliphatic rings. The lowest BCUT2D eigenvalue weighted by Gasteiger charge is -2.39. The summed E-state index contributed by atoms with van der Waals surface area (Å²) in [6, 6.07) is 0. The molecule has 0 amide bonds. The zero-order chi connectivity index (χ0) is 7.68. The molecule has 1 aliphatic carbocycles. The SMILES string of the molecule is C[C@@H]1CCC[C@@H]2CCCS[C@H]21. The van der Waals surface area contributed by atoms with Crippen molar-refractivity contribution in [1.29, 1.82) is 0 Å². The van der Waals surface area contributed by atoms with Crippen LogP contribution in [-0.4, -0.2) is 11.0 Å². The molecule has 0 spiro atoms. The Bertz CT molecular complexity index is 131. The maximum Gasteiger partial charge on any atom is 0.0101 e. The average molecular weight is 170 g/mol. The van der Waals surface area contributed by atoms with Gasteiger partial charge in [0.1, 0.15) is 0 Å². The molecule has 11 heavy (non-hydrogen) atoms. The van der Waals surface area contributed by atoms with E-state index in [1.807, 2.05) is 0 Å². The third kappa shape index (κ3) is 1.58. The van der Waals surface area contributed by atoms with Crippen molar-refractivity contribution in [3.63, 3.8) is 0 Å². The van der Waals surface area contributed by atoms with Crippen LogP contribution in [0, 0.1) is 11.8 Å². The molecule has 2 rings (SSSR count). The number of hydrogen-bond acceptors (Lipinski definition) is 1. The summed E-state index contributed by atoms with van der Waals surface area (Å²) >= 11 is 2.26. The van der Waals surface area contributed by atoms with Gasteiger partial charge >= 0.3 is 0 Å². The van der Waals surface area contributed by atoms with Crippen molar-refractivity contribution >= 4 is 11.8 Å². The van der Waals surface area contributed by atoms with Crippen molar-refractivity contribution in [3.05, 3.63) is 0 Å². The van der Waals surface area contributed by atoms with Gasteiger partial charge in [-0.2, -0.15) is 11.8 Å². The van der Waals surface area contributed by atoms with E-state index in [0.717, 1.165) is 17.1 Å². The van der Waals surface area contributed by atoms with Crippen LogP contribution in [0.5, 0.6) is 0 Å². The zero-order valence-corrected chi connectivity index (χ0v) is 8.20. The molecule has 2 fully saturated rings. The van der Waals surface area contributed by atoms with E-state index in [2.05, 4.69) is 18.7 Å². The standard InChI is InChI=1S/C10H18S/c1-8-4-2-5-9-6-3-7-11-10(8)9/h8-10H,2-7H2,1H3/t8-,9-,10+/m1/s1. The Morgan fingerprint density at radius 2 is 1.91 bits per heavy atom. The molecule has 1 saturated heterocycles. The Morgan fingerprint density at radius 1 is 1.09 bits per heavy atom. The van der Waals surface area contributed by atoms with Gasteiger partial charge in [-0.25, -0.2) is 0 Å². The van der Waals surface area contributed by atoms with Crippen LogP contribution in [0.25, 0.3) is 0 Å². The van der Waals surface area contributed by atoms with Crippen molar-refractivity contribution in [2.45, 2.75) is 44.3 Å². The van der Waals surface area contributed by atoms with Crippen LogP contribution in [-0.2, 0) is 0 Å². The summed E-state index contributed by atoms with van der Waals surface area (Å²) in [5.41, 5.74) is 0. The highest BCUT2D eigenvalue weighted by molar-refractivity contribution is 7.99. The lowest BCUT2D eigenvalue weighted by atomic mass is 9.79. The molecule has 64 valence electrons. The summed E-state index contributed by atoms with van der Waals surface area (Å²) in [4.78, 5) is 0. The second-order valence-electron chi connectivity index (χ2n) is 4.15. The normalized spacial score (nSPS) is 45.0. The molecular formula is C10H18S. The summed E-state index contributed by atoms with van der Waals surface area (Å²) in [7, 11) is 0. The second-order valence-corrected chi connectivity index (χ2v) is 5.43. The van der Waals surface area contributed by atoms with Gasteiger partial charge < -0.3 is 0 Å². The van der Waals surface area contributed by atoms with E-state index in [9.17, 15) is 0 Å². The van der Waals surface area contributed by atoms with Crippen molar-refractivity contribution in [3.8, 4) is 0 Å². The highest BCUT2D eigenvalue weighted by Crippen LogP contribution is 2.43. The highest BCUT2D eigenvalue weighted by Gasteiger charge is 2.32. The smallest absolute Gasteiger partial charge is 0.0101 e. The van der Waals surface area contributed by atoms with Crippen LogP contribution < -0.4 is 0 Å². The summed E-state index contributed by atoms with van der Waals surface area (Å²) in [5, 5.41) is 1.04.